The summed E-state index contributed by atoms with van der Waals surface area (Å²) in [5.41, 5.74) is 14.2. The van der Waals surface area contributed by atoms with Gasteiger partial charge in [-0.3, -0.25) is 4.98 Å². The zero-order chi connectivity index (χ0) is 29.9. The molecule has 0 spiro atoms. The van der Waals surface area contributed by atoms with Gasteiger partial charge in [0.15, 0.2) is 0 Å². The van der Waals surface area contributed by atoms with Crippen molar-refractivity contribution < 1.29 is 0 Å². The zero-order valence-corrected chi connectivity index (χ0v) is 24.7. The molecule has 0 saturated heterocycles. The molecule has 0 aliphatic carbocycles. The predicted molar refractivity (Wildman–Crippen MR) is 182 cm³/mol. The highest BCUT2D eigenvalue weighted by atomic mass is 14.8. The normalized spacial score (nSPS) is 12.0. The molecular formula is C42H27N3. The lowest BCUT2D eigenvalue weighted by molar-refractivity contribution is 1.31. The molecule has 3 nitrogen and oxygen atoms in total. The molecule has 3 heterocycles. The smallest absolute Gasteiger partial charge is 0.0817 e. The third kappa shape index (κ3) is 3.94. The lowest BCUT2D eigenvalue weighted by Gasteiger charge is -2.22. The summed E-state index contributed by atoms with van der Waals surface area (Å²) < 4.78 is 0. The molecule has 2 aliphatic rings. The third-order valence-electron chi connectivity index (χ3n) is 8.99. The van der Waals surface area contributed by atoms with E-state index < -0.39 is 0 Å². The lowest BCUT2D eigenvalue weighted by atomic mass is 9.82. The number of pyridine rings is 1. The van der Waals surface area contributed by atoms with Gasteiger partial charge in [0.25, 0.3) is 0 Å². The molecule has 0 unspecified atom stereocenters. The first kappa shape index (κ1) is 25.6. The van der Waals surface area contributed by atoms with Gasteiger partial charge in [0.1, 0.15) is 0 Å². The molecule has 0 N–H and O–H groups in total. The maximum absolute atomic E-state index is 5.23. The maximum Gasteiger partial charge on any atom is 0.0817 e. The molecule has 0 saturated carbocycles. The van der Waals surface area contributed by atoms with Crippen LogP contribution in [0.5, 0.6) is 0 Å². The van der Waals surface area contributed by atoms with Gasteiger partial charge in [-0.15, -0.1) is 0 Å². The molecule has 3 heteroatoms. The number of nitrogens with zero attached hydrogens (tertiary/aromatic N) is 3. The van der Waals surface area contributed by atoms with Gasteiger partial charge in [-0.2, -0.15) is 0 Å². The van der Waals surface area contributed by atoms with Gasteiger partial charge in [-0.1, -0.05) is 109 Å². The standard InChI is InChI=1S/C42H27N3/c1-26-25-36-38(39-35(44-36)23-22-33-31-18-10-11-21-34(31)45-42(33)39)40(41-30(20-12-24-43-41)28-15-6-3-7-16-28)37(26)32-19-9-8-17-29(32)27-13-4-2-5-14-27/h2-25H,1H3. The van der Waals surface area contributed by atoms with Crippen LogP contribution in [0.3, 0.4) is 0 Å². The summed E-state index contributed by atoms with van der Waals surface area (Å²) >= 11 is 0. The van der Waals surface area contributed by atoms with Gasteiger partial charge in [0.2, 0.25) is 0 Å². The van der Waals surface area contributed by atoms with Crippen LogP contribution >= 0.6 is 0 Å². The molecule has 0 amide bonds. The first-order valence-electron chi connectivity index (χ1n) is 15.3. The van der Waals surface area contributed by atoms with Gasteiger partial charge in [0.05, 0.1) is 27.8 Å². The third-order valence-corrected chi connectivity index (χ3v) is 8.99. The van der Waals surface area contributed by atoms with Gasteiger partial charge in [0, 0.05) is 38.9 Å². The summed E-state index contributed by atoms with van der Waals surface area (Å²) in [5.74, 6) is 0. The molecule has 0 fully saturated rings. The Morgan fingerprint density at radius 3 is 1.91 bits per heavy atom. The van der Waals surface area contributed by atoms with E-state index in [9.17, 15) is 0 Å². The highest BCUT2D eigenvalue weighted by molar-refractivity contribution is 6.07. The Hall–Kier alpha value is -5.93. The molecule has 6 aromatic carbocycles. The molecule has 9 rings (SSSR count). The fourth-order valence-electron chi connectivity index (χ4n) is 7.05. The Kier molecular flexibility index (Phi) is 5.72. The minimum absolute atomic E-state index is 0.942. The molecule has 45 heavy (non-hydrogen) atoms. The second-order valence-corrected chi connectivity index (χ2v) is 11.6. The minimum Gasteiger partial charge on any atom is -0.256 e. The van der Waals surface area contributed by atoms with E-state index in [1.165, 1.54) is 22.3 Å². The summed E-state index contributed by atoms with van der Waals surface area (Å²) in [6.07, 6.45) is 1.91. The number of para-hydroxylation sites is 1. The number of hydrogen-bond acceptors (Lipinski definition) is 3. The highest BCUT2D eigenvalue weighted by Gasteiger charge is 2.30. The van der Waals surface area contributed by atoms with E-state index in [0.29, 0.717) is 0 Å². The Morgan fingerprint density at radius 1 is 0.444 bits per heavy atom. The van der Waals surface area contributed by atoms with Gasteiger partial charge in [-0.25, -0.2) is 9.98 Å². The summed E-state index contributed by atoms with van der Waals surface area (Å²) in [6.45, 7) is 2.20. The van der Waals surface area contributed by atoms with Crippen LogP contribution in [0.25, 0.3) is 55.8 Å². The first-order valence-corrected chi connectivity index (χ1v) is 15.3. The molecule has 0 bridgehead atoms. The van der Waals surface area contributed by atoms with Crippen molar-refractivity contribution in [3.63, 3.8) is 0 Å². The van der Waals surface area contributed by atoms with E-state index in [-0.39, 0.29) is 0 Å². The van der Waals surface area contributed by atoms with Crippen LogP contribution in [-0.4, -0.2) is 4.98 Å². The highest BCUT2D eigenvalue weighted by Crippen LogP contribution is 2.52. The average Bonchev–Trinajstić information content (AvgIpc) is 3.66. The predicted octanol–water partition coefficient (Wildman–Crippen LogP) is 9.54. The number of benzene rings is 6. The fourth-order valence-corrected chi connectivity index (χ4v) is 7.05. The van der Waals surface area contributed by atoms with E-state index in [2.05, 4.69) is 140 Å². The Bertz CT molecular complexity index is 2540. The van der Waals surface area contributed by atoms with Gasteiger partial charge >= 0.3 is 0 Å². The van der Waals surface area contributed by atoms with Crippen LogP contribution in [0, 0.1) is 17.4 Å². The largest absolute Gasteiger partial charge is 0.256 e. The van der Waals surface area contributed by atoms with Crippen molar-refractivity contribution in [1.82, 2.24) is 4.98 Å². The number of aromatic nitrogens is 1. The molecule has 7 aromatic rings. The van der Waals surface area contributed by atoms with Gasteiger partial charge < -0.3 is 0 Å². The van der Waals surface area contributed by atoms with Crippen LogP contribution in [-0.2, 0) is 0 Å². The first-order chi connectivity index (χ1) is 22.3. The van der Waals surface area contributed by atoms with Crippen molar-refractivity contribution in [2.45, 2.75) is 6.92 Å². The van der Waals surface area contributed by atoms with Crippen molar-refractivity contribution in [1.29, 1.82) is 0 Å². The summed E-state index contributed by atoms with van der Waals surface area (Å²) in [6, 6.07) is 49.1. The summed E-state index contributed by atoms with van der Waals surface area (Å²) in [7, 11) is 0. The van der Waals surface area contributed by atoms with Gasteiger partial charge in [-0.05, 0) is 70.6 Å². The molecule has 210 valence electrons. The van der Waals surface area contributed by atoms with E-state index in [4.69, 9.17) is 15.0 Å². The van der Waals surface area contributed by atoms with E-state index in [1.54, 1.807) is 0 Å². The van der Waals surface area contributed by atoms with E-state index >= 15 is 0 Å². The summed E-state index contributed by atoms with van der Waals surface area (Å²) in [4.78, 5) is 15.6. The van der Waals surface area contributed by atoms with Crippen LogP contribution in [0.2, 0.25) is 0 Å². The van der Waals surface area contributed by atoms with Crippen molar-refractivity contribution in [3.05, 3.63) is 172 Å². The average molecular weight is 574 g/mol. The van der Waals surface area contributed by atoms with Crippen molar-refractivity contribution in [3.8, 4) is 55.8 Å². The van der Waals surface area contributed by atoms with Crippen molar-refractivity contribution in [2.75, 3.05) is 0 Å². The van der Waals surface area contributed by atoms with E-state index in [1.807, 2.05) is 12.3 Å². The zero-order valence-electron chi connectivity index (χ0n) is 24.7. The van der Waals surface area contributed by atoms with Crippen molar-refractivity contribution in [2.24, 2.45) is 9.98 Å². The quantitative estimate of drug-likeness (QED) is 0.207. The molecule has 0 radical (unpaired) electrons. The number of fused-ring (bicyclic) bond motifs is 6. The SMILES string of the molecule is Cc1cc2c(c(-c3ncccc3-c3ccccc3)c1-c1ccccc1-c1ccccc1)-c1c3c(ccc1=N2)=c1ccccc1=N3. The monoisotopic (exact) mass is 573 g/mol. The Morgan fingerprint density at radius 2 is 1.11 bits per heavy atom. The van der Waals surface area contributed by atoms with Crippen LogP contribution in [0.4, 0.5) is 11.4 Å². The molecule has 1 aromatic heterocycles. The Balaban J connectivity index is 1.45. The topological polar surface area (TPSA) is 37.6 Å². The van der Waals surface area contributed by atoms with Crippen LogP contribution in [0.15, 0.2) is 156 Å². The number of rotatable bonds is 4. The second-order valence-electron chi connectivity index (χ2n) is 11.6. The summed E-state index contributed by atoms with van der Waals surface area (Å²) in [5, 5.41) is 4.26. The lowest BCUT2D eigenvalue weighted by Crippen LogP contribution is -2.03. The van der Waals surface area contributed by atoms with E-state index in [0.717, 1.165) is 71.6 Å². The molecule has 0 atom stereocenters. The maximum atomic E-state index is 5.23. The van der Waals surface area contributed by atoms with Crippen LogP contribution in [0.1, 0.15) is 5.56 Å². The van der Waals surface area contributed by atoms with Crippen molar-refractivity contribution >= 4 is 11.4 Å². The fraction of sp³-hybridized carbons (Fsp3) is 0.0238. The second kappa shape index (κ2) is 10.1. The molecular weight excluding hydrogens is 546 g/mol. The number of hydrogen-bond donors (Lipinski definition) is 0. The van der Waals surface area contributed by atoms with Crippen LogP contribution < -0.4 is 10.7 Å². The Labute approximate surface area is 260 Å². The number of aryl methyl sites for hydroxylation is 1. The molecule has 2 aliphatic heterocycles. The minimum atomic E-state index is 0.942.